The lowest BCUT2D eigenvalue weighted by molar-refractivity contribution is 0.218. The van der Waals surface area contributed by atoms with E-state index in [1.807, 2.05) is 19.9 Å². The Morgan fingerprint density at radius 3 is 2.59 bits per heavy atom. The Labute approximate surface area is 112 Å². The minimum atomic E-state index is -0.898. The van der Waals surface area contributed by atoms with Crippen molar-refractivity contribution in [3.8, 4) is 0 Å². The second-order valence-electron chi connectivity index (χ2n) is 3.98. The molecule has 0 aliphatic rings. The fourth-order valence-electron chi connectivity index (χ4n) is 1.64. The highest BCUT2D eigenvalue weighted by atomic mass is 79.9. The molecule has 1 atom stereocenters. The van der Waals surface area contributed by atoms with Crippen LogP contribution in [0.15, 0.2) is 28.7 Å². The van der Waals surface area contributed by atoms with E-state index in [2.05, 4.69) is 15.9 Å². The van der Waals surface area contributed by atoms with Gasteiger partial charge >= 0.3 is 0 Å². The highest BCUT2D eigenvalue weighted by molar-refractivity contribution is 9.10. The number of aliphatic hydroxyl groups is 1. The lowest BCUT2D eigenvalue weighted by atomic mass is 10.0. The number of aliphatic hydroxyl groups excluding tert-OH is 1. The lowest BCUT2D eigenvalue weighted by Crippen LogP contribution is -2.01. The van der Waals surface area contributed by atoms with Crippen molar-refractivity contribution in [3.63, 3.8) is 0 Å². The van der Waals surface area contributed by atoms with Crippen LogP contribution >= 0.6 is 27.3 Å². The first-order chi connectivity index (χ1) is 7.99. The molecular formula is C13H12BrFOS. The summed E-state index contributed by atoms with van der Waals surface area (Å²) in [7, 11) is 0. The van der Waals surface area contributed by atoms with Crippen LogP contribution in [0.2, 0.25) is 0 Å². The summed E-state index contributed by atoms with van der Waals surface area (Å²) in [6.45, 7) is 3.84. The van der Waals surface area contributed by atoms with Crippen molar-refractivity contribution in [3.05, 3.63) is 55.4 Å². The van der Waals surface area contributed by atoms with E-state index < -0.39 is 6.10 Å². The molecular weight excluding hydrogens is 303 g/mol. The first-order valence-electron chi connectivity index (χ1n) is 5.19. The zero-order valence-electron chi connectivity index (χ0n) is 9.50. The smallest absolute Gasteiger partial charge is 0.129 e. The summed E-state index contributed by atoms with van der Waals surface area (Å²) >= 11 is 4.86. The molecule has 4 heteroatoms. The number of aryl methyl sites for hydroxylation is 2. The van der Waals surface area contributed by atoms with Gasteiger partial charge in [-0.2, -0.15) is 0 Å². The third kappa shape index (κ3) is 2.59. The fourth-order valence-corrected chi connectivity index (χ4v) is 3.21. The van der Waals surface area contributed by atoms with Gasteiger partial charge in [0.15, 0.2) is 0 Å². The van der Waals surface area contributed by atoms with Gasteiger partial charge in [-0.25, -0.2) is 4.39 Å². The molecule has 0 saturated carbocycles. The van der Waals surface area contributed by atoms with Gasteiger partial charge in [0.2, 0.25) is 0 Å². The Bertz CT molecular complexity index is 531. The largest absolute Gasteiger partial charge is 0.383 e. The number of rotatable bonds is 2. The standard InChI is InChI=1S/C13H12BrFOS/c1-7-3-4-11(15)9(5-7)13(16)12-6-10(14)8(2)17-12/h3-6,13,16H,1-2H3. The Morgan fingerprint density at radius 1 is 1.29 bits per heavy atom. The van der Waals surface area contributed by atoms with Crippen molar-refractivity contribution in [2.24, 2.45) is 0 Å². The van der Waals surface area contributed by atoms with Gasteiger partial charge in [-0.15, -0.1) is 11.3 Å². The molecule has 2 rings (SSSR count). The van der Waals surface area contributed by atoms with Crippen LogP contribution in [-0.4, -0.2) is 5.11 Å². The summed E-state index contributed by atoms with van der Waals surface area (Å²) in [5.74, 6) is -0.370. The van der Waals surface area contributed by atoms with E-state index in [1.165, 1.54) is 17.4 Å². The third-order valence-electron chi connectivity index (χ3n) is 2.59. The maximum Gasteiger partial charge on any atom is 0.129 e. The summed E-state index contributed by atoms with van der Waals surface area (Å²) in [5, 5.41) is 10.2. The molecule has 0 radical (unpaired) electrons. The normalized spacial score (nSPS) is 12.8. The highest BCUT2D eigenvalue weighted by Crippen LogP contribution is 2.34. The molecule has 0 bridgehead atoms. The molecule has 1 nitrogen and oxygen atoms in total. The first kappa shape index (κ1) is 12.7. The molecule has 0 spiro atoms. The third-order valence-corrected chi connectivity index (χ3v) is 4.78. The monoisotopic (exact) mass is 314 g/mol. The van der Waals surface area contributed by atoms with Crippen LogP contribution in [0, 0.1) is 19.7 Å². The average Bonchev–Trinajstić information content (AvgIpc) is 2.62. The van der Waals surface area contributed by atoms with Gasteiger partial charge < -0.3 is 5.11 Å². The number of hydrogen-bond acceptors (Lipinski definition) is 2. The molecule has 1 aromatic heterocycles. The Hall–Kier alpha value is -0.710. The van der Waals surface area contributed by atoms with Gasteiger partial charge in [-0.05, 0) is 41.9 Å². The quantitative estimate of drug-likeness (QED) is 0.873. The van der Waals surface area contributed by atoms with Gasteiger partial charge in [-0.1, -0.05) is 17.7 Å². The molecule has 0 saturated heterocycles. The maximum atomic E-state index is 13.6. The van der Waals surface area contributed by atoms with Crippen LogP contribution in [0.5, 0.6) is 0 Å². The summed E-state index contributed by atoms with van der Waals surface area (Å²) < 4.78 is 14.6. The number of halogens is 2. The predicted octanol–water partition coefficient (Wildman–Crippen LogP) is 4.35. The summed E-state index contributed by atoms with van der Waals surface area (Å²) in [4.78, 5) is 1.82. The molecule has 0 aliphatic heterocycles. The van der Waals surface area contributed by atoms with Crippen LogP contribution < -0.4 is 0 Å². The van der Waals surface area contributed by atoms with E-state index in [0.717, 1.165) is 19.8 Å². The molecule has 1 unspecified atom stereocenters. The maximum absolute atomic E-state index is 13.6. The van der Waals surface area contributed by atoms with E-state index in [4.69, 9.17) is 0 Å². The van der Waals surface area contributed by atoms with E-state index in [-0.39, 0.29) is 5.82 Å². The van der Waals surface area contributed by atoms with E-state index in [9.17, 15) is 9.50 Å². The average molecular weight is 315 g/mol. The summed E-state index contributed by atoms with van der Waals surface area (Å²) in [6, 6.07) is 6.61. The van der Waals surface area contributed by atoms with Gasteiger partial charge in [-0.3, -0.25) is 0 Å². The van der Waals surface area contributed by atoms with Gasteiger partial charge in [0, 0.05) is 19.8 Å². The molecule has 17 heavy (non-hydrogen) atoms. The zero-order valence-corrected chi connectivity index (χ0v) is 11.9. The van der Waals surface area contributed by atoms with E-state index >= 15 is 0 Å². The molecule has 1 heterocycles. The topological polar surface area (TPSA) is 20.2 Å². The Balaban J connectivity index is 2.42. The van der Waals surface area contributed by atoms with Gasteiger partial charge in [0.1, 0.15) is 11.9 Å². The molecule has 1 N–H and O–H groups in total. The van der Waals surface area contributed by atoms with Crippen molar-refractivity contribution in [2.75, 3.05) is 0 Å². The Kier molecular flexibility index (Phi) is 3.66. The number of benzene rings is 1. The highest BCUT2D eigenvalue weighted by Gasteiger charge is 2.18. The van der Waals surface area contributed by atoms with Crippen LogP contribution in [-0.2, 0) is 0 Å². The van der Waals surface area contributed by atoms with Crippen molar-refractivity contribution in [1.29, 1.82) is 0 Å². The minimum absolute atomic E-state index is 0.332. The van der Waals surface area contributed by atoms with Crippen molar-refractivity contribution < 1.29 is 9.50 Å². The van der Waals surface area contributed by atoms with Gasteiger partial charge in [0.25, 0.3) is 0 Å². The molecule has 1 aromatic carbocycles. The van der Waals surface area contributed by atoms with E-state index in [1.54, 1.807) is 12.1 Å². The second kappa shape index (κ2) is 4.88. The fraction of sp³-hybridized carbons (Fsp3) is 0.231. The number of thiophene rings is 1. The Morgan fingerprint density at radius 2 is 2.00 bits per heavy atom. The molecule has 0 aliphatic carbocycles. The SMILES string of the molecule is Cc1ccc(F)c(C(O)c2cc(Br)c(C)s2)c1. The second-order valence-corrected chi connectivity index (χ2v) is 6.12. The van der Waals surface area contributed by atoms with E-state index in [0.29, 0.717) is 5.56 Å². The molecule has 0 amide bonds. The summed E-state index contributed by atoms with van der Waals surface area (Å²) in [6.07, 6.45) is -0.898. The minimum Gasteiger partial charge on any atom is -0.383 e. The number of hydrogen-bond donors (Lipinski definition) is 1. The van der Waals surface area contributed by atoms with Crippen molar-refractivity contribution in [1.82, 2.24) is 0 Å². The van der Waals surface area contributed by atoms with Crippen LogP contribution in [0.25, 0.3) is 0 Å². The van der Waals surface area contributed by atoms with Crippen LogP contribution in [0.1, 0.15) is 27.0 Å². The summed E-state index contributed by atoms with van der Waals surface area (Å²) in [5.41, 5.74) is 1.27. The first-order valence-corrected chi connectivity index (χ1v) is 6.80. The zero-order chi connectivity index (χ0) is 12.6. The predicted molar refractivity (Wildman–Crippen MR) is 72.0 cm³/mol. The molecule has 2 aromatic rings. The van der Waals surface area contributed by atoms with Crippen molar-refractivity contribution in [2.45, 2.75) is 20.0 Å². The molecule has 90 valence electrons. The van der Waals surface area contributed by atoms with Gasteiger partial charge in [0.05, 0.1) is 0 Å². The van der Waals surface area contributed by atoms with Crippen LogP contribution in [0.4, 0.5) is 4.39 Å². The van der Waals surface area contributed by atoms with Crippen LogP contribution in [0.3, 0.4) is 0 Å². The molecule has 0 fully saturated rings. The van der Waals surface area contributed by atoms with Crippen molar-refractivity contribution >= 4 is 27.3 Å². The lowest BCUT2D eigenvalue weighted by Gasteiger charge is -2.10.